The second-order valence-corrected chi connectivity index (χ2v) is 4.03. The lowest BCUT2D eigenvalue weighted by molar-refractivity contribution is -0.385. The molecule has 92 valence electrons. The summed E-state index contributed by atoms with van der Waals surface area (Å²) >= 11 is 0. The quantitative estimate of drug-likeness (QED) is 0.594. The minimum absolute atomic E-state index is 0.211. The van der Waals surface area contributed by atoms with Crippen LogP contribution in [0.2, 0.25) is 0 Å². The third-order valence-corrected chi connectivity index (χ3v) is 2.83. The van der Waals surface area contributed by atoms with Gasteiger partial charge in [0.15, 0.2) is 0 Å². The molecule has 7 nitrogen and oxygen atoms in total. The van der Waals surface area contributed by atoms with E-state index in [0.29, 0.717) is 5.56 Å². The molecule has 0 radical (unpaired) electrons. The summed E-state index contributed by atoms with van der Waals surface area (Å²) in [6.45, 7) is 2.95. The monoisotopic (exact) mass is 239 g/mol. The van der Waals surface area contributed by atoms with Crippen LogP contribution in [0.25, 0.3) is 0 Å². The molecular weight excluding hydrogens is 226 g/mol. The first-order valence-electron chi connectivity index (χ1n) is 4.88. The van der Waals surface area contributed by atoms with E-state index in [2.05, 4.69) is 4.98 Å². The van der Waals surface area contributed by atoms with Gasteiger partial charge in [0.25, 0.3) is 5.69 Å². The minimum atomic E-state index is -1.22. The van der Waals surface area contributed by atoms with Crippen molar-refractivity contribution >= 4 is 11.7 Å². The Morgan fingerprint density at radius 3 is 2.71 bits per heavy atom. The Kier molecular flexibility index (Phi) is 3.42. The number of aromatic nitrogens is 1. The average Bonchev–Trinajstić information content (AvgIpc) is 2.28. The SMILES string of the molecule is CC(C(=O)O)C(C)(N)c1cncc([N+](=O)[O-])c1. The van der Waals surface area contributed by atoms with E-state index < -0.39 is 22.3 Å². The van der Waals surface area contributed by atoms with Crippen molar-refractivity contribution in [2.45, 2.75) is 19.4 Å². The van der Waals surface area contributed by atoms with Crippen molar-refractivity contribution in [3.8, 4) is 0 Å². The van der Waals surface area contributed by atoms with Gasteiger partial charge in [-0.25, -0.2) is 0 Å². The van der Waals surface area contributed by atoms with E-state index in [9.17, 15) is 14.9 Å². The highest BCUT2D eigenvalue weighted by atomic mass is 16.6. The van der Waals surface area contributed by atoms with Crippen molar-refractivity contribution in [3.05, 3.63) is 34.1 Å². The van der Waals surface area contributed by atoms with Crippen molar-refractivity contribution in [2.75, 3.05) is 0 Å². The van der Waals surface area contributed by atoms with Gasteiger partial charge in [0.1, 0.15) is 6.20 Å². The normalized spacial score (nSPS) is 15.9. The summed E-state index contributed by atoms with van der Waals surface area (Å²) in [5.74, 6) is -1.95. The number of aliphatic carboxylic acids is 1. The number of nitrogens with two attached hydrogens (primary N) is 1. The molecular formula is C10H13N3O4. The molecule has 0 spiro atoms. The smallest absolute Gasteiger partial charge is 0.308 e. The third-order valence-electron chi connectivity index (χ3n) is 2.83. The number of nitro groups is 1. The zero-order valence-electron chi connectivity index (χ0n) is 9.45. The van der Waals surface area contributed by atoms with Gasteiger partial charge in [0, 0.05) is 12.3 Å². The van der Waals surface area contributed by atoms with Gasteiger partial charge in [-0.1, -0.05) is 0 Å². The average molecular weight is 239 g/mol. The van der Waals surface area contributed by atoms with Crippen LogP contribution in [-0.2, 0) is 10.3 Å². The zero-order chi connectivity index (χ0) is 13.2. The molecule has 3 N–H and O–H groups in total. The predicted octanol–water partition coefficient (Wildman–Crippen LogP) is 0.884. The fraction of sp³-hybridized carbons (Fsp3) is 0.400. The van der Waals surface area contributed by atoms with Crippen molar-refractivity contribution in [2.24, 2.45) is 11.7 Å². The van der Waals surface area contributed by atoms with Gasteiger partial charge >= 0.3 is 5.97 Å². The summed E-state index contributed by atoms with van der Waals surface area (Å²) in [6.07, 6.45) is 2.43. The summed E-state index contributed by atoms with van der Waals surface area (Å²) in [4.78, 5) is 24.6. The summed E-state index contributed by atoms with van der Waals surface area (Å²) in [5.41, 5.74) is 4.80. The lowest BCUT2D eigenvalue weighted by Gasteiger charge is -2.28. The molecule has 2 atom stereocenters. The highest BCUT2D eigenvalue weighted by Crippen LogP contribution is 2.28. The van der Waals surface area contributed by atoms with Crippen molar-refractivity contribution in [1.82, 2.24) is 4.98 Å². The summed E-state index contributed by atoms with van der Waals surface area (Å²) in [5, 5.41) is 19.5. The molecule has 2 unspecified atom stereocenters. The number of carboxylic acid groups (broad SMARTS) is 1. The van der Waals surface area contributed by atoms with Gasteiger partial charge < -0.3 is 10.8 Å². The Morgan fingerprint density at radius 2 is 2.24 bits per heavy atom. The zero-order valence-corrected chi connectivity index (χ0v) is 9.45. The lowest BCUT2D eigenvalue weighted by Crippen LogP contribution is -2.43. The minimum Gasteiger partial charge on any atom is -0.481 e. The van der Waals surface area contributed by atoms with Crippen LogP contribution < -0.4 is 5.73 Å². The van der Waals surface area contributed by atoms with Crippen LogP contribution in [0.1, 0.15) is 19.4 Å². The number of carboxylic acids is 1. The molecule has 0 saturated heterocycles. The van der Waals surface area contributed by atoms with Gasteiger partial charge in [0.05, 0.1) is 16.4 Å². The number of pyridine rings is 1. The van der Waals surface area contributed by atoms with Crippen molar-refractivity contribution in [3.63, 3.8) is 0 Å². The molecule has 0 aliphatic carbocycles. The fourth-order valence-electron chi connectivity index (χ4n) is 1.33. The topological polar surface area (TPSA) is 119 Å². The van der Waals surface area contributed by atoms with E-state index in [4.69, 9.17) is 10.8 Å². The molecule has 1 heterocycles. The molecule has 7 heteroatoms. The lowest BCUT2D eigenvalue weighted by atomic mass is 9.82. The van der Waals surface area contributed by atoms with Gasteiger partial charge in [-0.2, -0.15) is 0 Å². The standard InChI is InChI=1S/C10H13N3O4/c1-6(9(14)15)10(2,11)7-3-8(13(16)17)5-12-4-7/h3-6H,11H2,1-2H3,(H,14,15). The molecule has 1 aromatic rings. The number of hydrogen-bond donors (Lipinski definition) is 2. The van der Waals surface area contributed by atoms with Gasteiger partial charge in [-0.05, 0) is 19.4 Å². The van der Waals surface area contributed by atoms with Crippen LogP contribution in [0.3, 0.4) is 0 Å². The van der Waals surface area contributed by atoms with E-state index >= 15 is 0 Å². The number of carbonyl (C=O) groups is 1. The van der Waals surface area contributed by atoms with E-state index in [-0.39, 0.29) is 5.69 Å². The first-order valence-corrected chi connectivity index (χ1v) is 4.88. The third kappa shape index (κ3) is 2.56. The van der Waals surface area contributed by atoms with Crippen LogP contribution in [-0.4, -0.2) is 21.0 Å². The molecule has 0 aliphatic heterocycles. The highest BCUT2D eigenvalue weighted by molar-refractivity contribution is 5.71. The molecule has 0 amide bonds. The maximum absolute atomic E-state index is 10.9. The van der Waals surface area contributed by atoms with E-state index in [1.165, 1.54) is 26.1 Å². The van der Waals surface area contributed by atoms with E-state index in [1.807, 2.05) is 0 Å². The molecule has 0 saturated carbocycles. The highest BCUT2D eigenvalue weighted by Gasteiger charge is 2.34. The maximum atomic E-state index is 10.9. The molecule has 1 aromatic heterocycles. The number of nitrogens with zero attached hydrogens (tertiary/aromatic N) is 2. The maximum Gasteiger partial charge on any atom is 0.308 e. The van der Waals surface area contributed by atoms with Crippen molar-refractivity contribution in [1.29, 1.82) is 0 Å². The largest absolute Gasteiger partial charge is 0.481 e. The Balaban J connectivity index is 3.19. The summed E-state index contributed by atoms with van der Waals surface area (Å²) < 4.78 is 0. The molecule has 0 fully saturated rings. The van der Waals surface area contributed by atoms with Crippen LogP contribution in [0.15, 0.2) is 18.5 Å². The van der Waals surface area contributed by atoms with E-state index in [0.717, 1.165) is 6.20 Å². The molecule has 1 rings (SSSR count). The second-order valence-electron chi connectivity index (χ2n) is 4.03. The first kappa shape index (κ1) is 13.0. The Morgan fingerprint density at radius 1 is 1.65 bits per heavy atom. The molecule has 0 bridgehead atoms. The molecule has 0 aromatic carbocycles. The summed E-state index contributed by atoms with van der Waals surface area (Å²) in [7, 11) is 0. The van der Waals surface area contributed by atoms with Crippen LogP contribution in [0, 0.1) is 16.0 Å². The van der Waals surface area contributed by atoms with Crippen LogP contribution in [0.4, 0.5) is 5.69 Å². The molecule has 17 heavy (non-hydrogen) atoms. The predicted molar refractivity (Wildman–Crippen MR) is 59.2 cm³/mol. The second kappa shape index (κ2) is 4.46. The van der Waals surface area contributed by atoms with Crippen molar-refractivity contribution < 1.29 is 14.8 Å². The van der Waals surface area contributed by atoms with Crippen LogP contribution >= 0.6 is 0 Å². The van der Waals surface area contributed by atoms with Gasteiger partial charge in [-0.15, -0.1) is 0 Å². The number of hydrogen-bond acceptors (Lipinski definition) is 5. The first-order chi connectivity index (χ1) is 7.76. The summed E-state index contributed by atoms with van der Waals surface area (Å²) in [6, 6.07) is 1.24. The Labute approximate surface area is 97.4 Å². The van der Waals surface area contributed by atoms with Crippen LogP contribution in [0.5, 0.6) is 0 Å². The fourth-order valence-corrected chi connectivity index (χ4v) is 1.33. The van der Waals surface area contributed by atoms with E-state index in [1.54, 1.807) is 0 Å². The van der Waals surface area contributed by atoms with Gasteiger partial charge in [0.2, 0.25) is 0 Å². The Hall–Kier alpha value is -2.02. The number of rotatable bonds is 4. The molecule has 0 aliphatic rings. The van der Waals surface area contributed by atoms with Gasteiger partial charge in [-0.3, -0.25) is 19.9 Å². The Bertz CT molecular complexity index is 459.